The van der Waals surface area contributed by atoms with Crippen LogP contribution in [0.5, 0.6) is 0 Å². The van der Waals surface area contributed by atoms with Crippen LogP contribution in [0, 0.1) is 36.5 Å². The van der Waals surface area contributed by atoms with E-state index in [4.69, 9.17) is 0 Å². The Kier molecular flexibility index (Phi) is 7.14. The van der Waals surface area contributed by atoms with Crippen LogP contribution in [0.3, 0.4) is 0 Å². The van der Waals surface area contributed by atoms with E-state index in [-0.39, 0.29) is 0 Å². The fourth-order valence-electron chi connectivity index (χ4n) is 3.44. The van der Waals surface area contributed by atoms with Gasteiger partial charge in [0.25, 0.3) is 0 Å². The number of nitriles is 2. The highest BCUT2D eigenvalue weighted by Gasteiger charge is 2.10. The van der Waals surface area contributed by atoms with Gasteiger partial charge < -0.3 is 4.90 Å². The number of benzene rings is 3. The third-order valence-electron chi connectivity index (χ3n) is 5.18. The Morgan fingerprint density at radius 2 is 1.55 bits per heavy atom. The van der Waals surface area contributed by atoms with Gasteiger partial charge in [-0.1, -0.05) is 30.3 Å². The van der Waals surface area contributed by atoms with Crippen LogP contribution in [0.4, 0.5) is 17.1 Å². The van der Waals surface area contributed by atoms with Gasteiger partial charge in [0.2, 0.25) is 0 Å². The summed E-state index contributed by atoms with van der Waals surface area (Å²) < 4.78 is 0. The van der Waals surface area contributed by atoms with Crippen LogP contribution in [-0.2, 0) is 6.42 Å². The molecule has 5 nitrogen and oxygen atoms in total. The monoisotopic (exact) mass is 407 g/mol. The molecular formula is C26H25N5. The van der Waals surface area contributed by atoms with E-state index in [2.05, 4.69) is 64.6 Å². The molecule has 0 spiro atoms. The topological polar surface area (TPSA) is 75.5 Å². The maximum atomic E-state index is 9.39. The van der Waals surface area contributed by atoms with Gasteiger partial charge in [-0.3, -0.25) is 0 Å². The maximum Gasteiger partial charge on any atom is 0.121 e. The average molecular weight is 408 g/mol. The van der Waals surface area contributed by atoms with E-state index in [0.29, 0.717) is 16.8 Å². The maximum absolute atomic E-state index is 9.39. The second-order valence-corrected chi connectivity index (χ2v) is 7.61. The third-order valence-corrected chi connectivity index (χ3v) is 5.18. The predicted molar refractivity (Wildman–Crippen MR) is 124 cm³/mol. The highest BCUT2D eigenvalue weighted by molar-refractivity contribution is 5.64. The molecule has 31 heavy (non-hydrogen) atoms. The van der Waals surface area contributed by atoms with E-state index in [1.165, 1.54) is 5.56 Å². The van der Waals surface area contributed by atoms with Crippen molar-refractivity contribution < 1.29 is 0 Å². The molecule has 0 amide bonds. The molecule has 0 aromatic heterocycles. The lowest BCUT2D eigenvalue weighted by atomic mass is 10.1. The van der Waals surface area contributed by atoms with Crippen molar-refractivity contribution in [2.75, 3.05) is 18.5 Å². The summed E-state index contributed by atoms with van der Waals surface area (Å²) in [5, 5.41) is 27.4. The van der Waals surface area contributed by atoms with Gasteiger partial charge in [-0.2, -0.15) is 15.6 Å². The fraction of sp³-hybridized carbons (Fsp3) is 0.231. The Balaban J connectivity index is 1.71. The first-order chi connectivity index (χ1) is 15.0. The first-order valence-corrected chi connectivity index (χ1v) is 10.2. The highest BCUT2D eigenvalue weighted by atomic mass is 15.1. The zero-order valence-electron chi connectivity index (χ0n) is 18.1. The lowest BCUT2D eigenvalue weighted by Gasteiger charge is -2.20. The average Bonchev–Trinajstić information content (AvgIpc) is 2.78. The molecule has 3 aromatic rings. The number of hydrogen-bond acceptors (Lipinski definition) is 5. The molecule has 0 bridgehead atoms. The second kappa shape index (κ2) is 10.2. The van der Waals surface area contributed by atoms with Gasteiger partial charge in [-0.05, 0) is 73.7 Å². The van der Waals surface area contributed by atoms with E-state index < -0.39 is 0 Å². The van der Waals surface area contributed by atoms with Crippen LogP contribution in [0.2, 0.25) is 0 Å². The number of aryl methyl sites for hydroxylation is 3. The second-order valence-electron chi connectivity index (χ2n) is 7.61. The molecule has 0 N–H and O–H groups in total. The Bertz CT molecular complexity index is 1130. The molecule has 0 aliphatic heterocycles. The Morgan fingerprint density at radius 1 is 0.871 bits per heavy atom. The van der Waals surface area contributed by atoms with Gasteiger partial charge in [0, 0.05) is 19.3 Å². The molecule has 0 saturated carbocycles. The summed E-state index contributed by atoms with van der Waals surface area (Å²) in [4.78, 5) is 2.23. The smallest absolute Gasteiger partial charge is 0.121 e. The number of rotatable bonds is 7. The van der Waals surface area contributed by atoms with Crippen molar-refractivity contribution in [1.82, 2.24) is 0 Å². The standard InChI is InChI=1S/C26H25N5/c1-19-14-22(17-27)26(23(15-19)18-28)30-29-25-12-11-24(16-20(25)2)31(3)13-7-10-21-8-5-4-6-9-21/h4-6,8-9,11-12,14-16H,7,10,13H2,1-3H3. The molecule has 154 valence electrons. The minimum absolute atomic E-state index is 0.317. The van der Waals surface area contributed by atoms with Gasteiger partial charge in [0.1, 0.15) is 17.8 Å². The van der Waals surface area contributed by atoms with Crippen LogP contribution < -0.4 is 4.90 Å². The predicted octanol–water partition coefficient (Wildman–Crippen LogP) is 6.53. The number of nitrogens with zero attached hydrogens (tertiary/aromatic N) is 5. The Hall–Kier alpha value is -3.96. The van der Waals surface area contributed by atoms with Crippen molar-refractivity contribution in [1.29, 1.82) is 10.5 Å². The molecule has 5 heteroatoms. The molecule has 3 rings (SSSR count). The van der Waals surface area contributed by atoms with Gasteiger partial charge in [0.05, 0.1) is 16.8 Å². The number of anilines is 1. The Labute approximate surface area is 183 Å². The van der Waals surface area contributed by atoms with E-state index in [1.54, 1.807) is 12.1 Å². The molecule has 0 aliphatic rings. The molecule has 0 radical (unpaired) electrons. The third kappa shape index (κ3) is 5.56. The van der Waals surface area contributed by atoms with E-state index in [1.807, 2.05) is 32.0 Å². The molecule has 0 fully saturated rings. The van der Waals surface area contributed by atoms with Crippen LogP contribution in [0.15, 0.2) is 70.9 Å². The molecular weight excluding hydrogens is 382 g/mol. The lowest BCUT2D eigenvalue weighted by Crippen LogP contribution is -2.19. The minimum atomic E-state index is 0.317. The number of azo groups is 1. The van der Waals surface area contributed by atoms with Crippen LogP contribution in [0.25, 0.3) is 0 Å². The minimum Gasteiger partial charge on any atom is -0.375 e. The van der Waals surface area contributed by atoms with Gasteiger partial charge >= 0.3 is 0 Å². The van der Waals surface area contributed by atoms with Crippen molar-refractivity contribution in [2.45, 2.75) is 26.7 Å². The summed E-state index contributed by atoms with van der Waals surface area (Å²) in [5.41, 5.74) is 6.05. The number of hydrogen-bond donors (Lipinski definition) is 0. The van der Waals surface area contributed by atoms with Gasteiger partial charge in [0.15, 0.2) is 0 Å². The zero-order chi connectivity index (χ0) is 22.2. The van der Waals surface area contributed by atoms with E-state index in [0.717, 1.165) is 41.9 Å². The zero-order valence-corrected chi connectivity index (χ0v) is 18.1. The van der Waals surface area contributed by atoms with Crippen molar-refractivity contribution >= 4 is 17.1 Å². The van der Waals surface area contributed by atoms with Crippen molar-refractivity contribution in [3.63, 3.8) is 0 Å². The van der Waals surface area contributed by atoms with E-state index >= 15 is 0 Å². The van der Waals surface area contributed by atoms with Crippen LogP contribution in [-0.4, -0.2) is 13.6 Å². The summed E-state index contributed by atoms with van der Waals surface area (Å²) in [6.45, 7) is 4.79. The largest absolute Gasteiger partial charge is 0.375 e. The lowest BCUT2D eigenvalue weighted by molar-refractivity contribution is 0.785. The molecule has 0 aliphatic carbocycles. The van der Waals surface area contributed by atoms with Crippen molar-refractivity contribution in [3.8, 4) is 12.1 Å². The van der Waals surface area contributed by atoms with Crippen LogP contribution in [0.1, 0.15) is 34.2 Å². The molecule has 0 saturated heterocycles. The first kappa shape index (κ1) is 21.7. The summed E-state index contributed by atoms with van der Waals surface area (Å²) in [6, 6.07) is 24.2. The molecule has 3 aromatic carbocycles. The summed E-state index contributed by atoms with van der Waals surface area (Å²) in [5.74, 6) is 0. The molecule has 0 atom stereocenters. The molecule has 0 heterocycles. The fourth-order valence-corrected chi connectivity index (χ4v) is 3.44. The first-order valence-electron chi connectivity index (χ1n) is 10.2. The van der Waals surface area contributed by atoms with Crippen molar-refractivity contribution in [2.24, 2.45) is 10.2 Å². The Morgan fingerprint density at radius 3 is 2.16 bits per heavy atom. The summed E-state index contributed by atoms with van der Waals surface area (Å²) >= 11 is 0. The summed E-state index contributed by atoms with van der Waals surface area (Å²) in [6.07, 6.45) is 2.12. The summed E-state index contributed by atoms with van der Waals surface area (Å²) in [7, 11) is 2.09. The van der Waals surface area contributed by atoms with E-state index in [9.17, 15) is 10.5 Å². The normalized spacial score (nSPS) is 10.6. The van der Waals surface area contributed by atoms with Gasteiger partial charge in [-0.15, -0.1) is 5.11 Å². The highest BCUT2D eigenvalue weighted by Crippen LogP contribution is 2.30. The van der Waals surface area contributed by atoms with Crippen LogP contribution >= 0.6 is 0 Å². The quantitative estimate of drug-likeness (QED) is 0.418. The SMILES string of the molecule is Cc1cc(C#N)c(N=Nc2ccc(N(C)CCCc3ccccc3)cc2C)c(C#N)c1. The molecule has 0 unspecified atom stereocenters. The van der Waals surface area contributed by atoms with Gasteiger partial charge in [-0.25, -0.2) is 0 Å². The van der Waals surface area contributed by atoms with Crippen molar-refractivity contribution in [3.05, 3.63) is 88.5 Å².